The molecule has 3 N–H and O–H groups in total. The van der Waals surface area contributed by atoms with Crippen molar-refractivity contribution in [1.82, 2.24) is 19.5 Å². The Morgan fingerprint density at radius 3 is 2.61 bits per heavy atom. The molecule has 8 heteroatoms. The van der Waals surface area contributed by atoms with Gasteiger partial charge >= 0.3 is 0 Å². The van der Waals surface area contributed by atoms with Crippen LogP contribution in [-0.2, 0) is 0 Å². The number of amides is 1. The third-order valence-corrected chi connectivity index (χ3v) is 6.70. The first-order valence-electron chi connectivity index (χ1n) is 10.8. The Hall–Kier alpha value is -2.97. The van der Waals surface area contributed by atoms with E-state index in [1.54, 1.807) is 10.7 Å². The molecule has 1 amide bonds. The maximum atomic E-state index is 13.5. The topological polar surface area (TPSA) is 103 Å². The van der Waals surface area contributed by atoms with Gasteiger partial charge in [0.1, 0.15) is 11.8 Å². The monoisotopic (exact) mass is 421 g/mol. The largest absolute Gasteiger partial charge is 0.394 e. The number of hydrogen-bond acceptors (Lipinski definition) is 6. The third-order valence-electron chi connectivity index (χ3n) is 6.70. The fourth-order valence-corrected chi connectivity index (χ4v) is 5.19. The molecular formula is C23H27N5O3. The number of anilines is 1. The van der Waals surface area contributed by atoms with Gasteiger partial charge in [-0.3, -0.25) is 4.79 Å². The molecule has 2 bridgehead atoms. The minimum Gasteiger partial charge on any atom is -0.394 e. The predicted molar refractivity (Wildman–Crippen MR) is 116 cm³/mol. The van der Waals surface area contributed by atoms with Crippen molar-refractivity contribution in [1.29, 1.82) is 0 Å². The number of benzene rings is 1. The van der Waals surface area contributed by atoms with Gasteiger partial charge in [-0.25, -0.2) is 9.50 Å². The second-order valence-electron chi connectivity index (χ2n) is 8.58. The lowest BCUT2D eigenvalue weighted by molar-refractivity contribution is 0.0286. The van der Waals surface area contributed by atoms with E-state index in [0.717, 1.165) is 29.5 Å². The quantitative estimate of drug-likeness (QED) is 0.584. The van der Waals surface area contributed by atoms with Crippen LogP contribution in [0.15, 0.2) is 42.9 Å². The van der Waals surface area contributed by atoms with E-state index in [2.05, 4.69) is 15.4 Å². The van der Waals surface area contributed by atoms with Gasteiger partial charge in [0.05, 0.1) is 24.3 Å². The smallest absolute Gasteiger partial charge is 0.256 e. The van der Waals surface area contributed by atoms with Crippen molar-refractivity contribution in [2.24, 2.45) is 0 Å². The lowest BCUT2D eigenvalue weighted by Crippen LogP contribution is -2.48. The van der Waals surface area contributed by atoms with Crippen molar-refractivity contribution in [2.45, 2.75) is 56.8 Å². The molecule has 0 spiro atoms. The van der Waals surface area contributed by atoms with E-state index in [4.69, 9.17) is 0 Å². The molecule has 4 atom stereocenters. The van der Waals surface area contributed by atoms with Crippen molar-refractivity contribution in [3.8, 4) is 0 Å². The van der Waals surface area contributed by atoms with E-state index in [0.29, 0.717) is 24.2 Å². The summed E-state index contributed by atoms with van der Waals surface area (Å²) in [6.45, 7) is 1.82. The highest BCUT2D eigenvalue weighted by atomic mass is 16.3. The van der Waals surface area contributed by atoms with E-state index in [-0.39, 0.29) is 36.7 Å². The van der Waals surface area contributed by atoms with Gasteiger partial charge in [0.15, 0.2) is 5.82 Å². The number of carbonyl (C=O) groups excluding carboxylic acids is 1. The van der Waals surface area contributed by atoms with Gasteiger partial charge in [0.25, 0.3) is 5.91 Å². The highest BCUT2D eigenvalue weighted by Crippen LogP contribution is 2.38. The summed E-state index contributed by atoms with van der Waals surface area (Å²) >= 11 is 0. The second-order valence-corrected chi connectivity index (χ2v) is 8.58. The Balaban J connectivity index is 1.49. The number of aliphatic hydroxyl groups is 2. The van der Waals surface area contributed by atoms with Gasteiger partial charge in [-0.2, -0.15) is 5.10 Å². The normalized spacial score (nSPS) is 23.8. The van der Waals surface area contributed by atoms with Crippen LogP contribution in [0.1, 0.15) is 53.2 Å². The zero-order chi connectivity index (χ0) is 21.5. The fraction of sp³-hybridized carbons (Fsp3) is 0.435. The maximum Gasteiger partial charge on any atom is 0.256 e. The lowest BCUT2D eigenvalue weighted by atomic mass is 9.98. The molecule has 2 fully saturated rings. The summed E-state index contributed by atoms with van der Waals surface area (Å²) in [6.07, 6.45) is 6.09. The molecule has 31 heavy (non-hydrogen) atoms. The first-order chi connectivity index (χ1) is 15.1. The van der Waals surface area contributed by atoms with Crippen LogP contribution in [0.4, 0.5) is 5.82 Å². The van der Waals surface area contributed by atoms with Crippen LogP contribution in [0.3, 0.4) is 0 Å². The molecule has 0 radical (unpaired) electrons. The van der Waals surface area contributed by atoms with Crippen LogP contribution in [-0.4, -0.2) is 60.4 Å². The molecule has 0 aliphatic carbocycles. The highest BCUT2D eigenvalue weighted by Gasteiger charge is 2.43. The van der Waals surface area contributed by atoms with Crippen LogP contribution in [0.25, 0.3) is 5.52 Å². The molecule has 3 aromatic rings. The number of aliphatic hydroxyl groups excluding tert-OH is 2. The van der Waals surface area contributed by atoms with Gasteiger partial charge in [0.2, 0.25) is 0 Å². The molecule has 4 heterocycles. The van der Waals surface area contributed by atoms with Crippen LogP contribution in [0.5, 0.6) is 0 Å². The van der Waals surface area contributed by atoms with E-state index >= 15 is 0 Å². The summed E-state index contributed by atoms with van der Waals surface area (Å²) < 4.78 is 1.68. The van der Waals surface area contributed by atoms with Gasteiger partial charge in [-0.15, -0.1) is 0 Å². The summed E-state index contributed by atoms with van der Waals surface area (Å²) in [5.41, 5.74) is 3.09. The number of piperidine rings is 1. The number of fused-ring (bicyclic) bond motifs is 3. The molecule has 2 aliphatic heterocycles. The summed E-state index contributed by atoms with van der Waals surface area (Å²) in [5, 5.41) is 27.6. The highest BCUT2D eigenvalue weighted by molar-refractivity contribution is 5.99. The predicted octanol–water partition coefficient (Wildman–Crippen LogP) is 2.31. The van der Waals surface area contributed by atoms with Gasteiger partial charge in [-0.05, 0) is 43.7 Å². The minimum absolute atomic E-state index is 0.00452. The van der Waals surface area contributed by atoms with Crippen LogP contribution >= 0.6 is 0 Å². The standard InChI is InChI=1S/C23H27N5O3/c1-14-19(23(31)28-16-7-8-17(28)10-18(30)9-16)11-27-21(14)22(24-13-25-27)26-20(12-29)15-5-3-2-4-6-15/h2-6,11,13,16-18,20,29-30H,7-10,12H2,1H3,(H,24,25,26)/t16-,17+,18+,20-/m1/s1. The number of aryl methyl sites for hydroxylation is 1. The minimum atomic E-state index is -0.326. The lowest BCUT2D eigenvalue weighted by Gasteiger charge is -2.37. The molecule has 5 rings (SSSR count). The zero-order valence-corrected chi connectivity index (χ0v) is 17.5. The molecule has 8 nitrogen and oxygen atoms in total. The summed E-state index contributed by atoms with van der Waals surface area (Å²) in [7, 11) is 0. The first-order valence-corrected chi connectivity index (χ1v) is 10.8. The van der Waals surface area contributed by atoms with E-state index in [9.17, 15) is 15.0 Å². The van der Waals surface area contributed by atoms with Gasteiger partial charge in [0, 0.05) is 18.3 Å². The van der Waals surface area contributed by atoms with E-state index in [1.807, 2.05) is 42.2 Å². The molecule has 1 aromatic carbocycles. The Labute approximate surface area is 180 Å². The van der Waals surface area contributed by atoms with Crippen molar-refractivity contribution in [3.63, 3.8) is 0 Å². The fourth-order valence-electron chi connectivity index (χ4n) is 5.19. The average molecular weight is 422 g/mol. The Kier molecular flexibility index (Phi) is 5.11. The number of hydrogen-bond donors (Lipinski definition) is 3. The maximum absolute atomic E-state index is 13.5. The summed E-state index contributed by atoms with van der Waals surface area (Å²) in [5.74, 6) is 0.571. The average Bonchev–Trinajstić information content (AvgIpc) is 3.26. The van der Waals surface area contributed by atoms with Crippen LogP contribution in [0.2, 0.25) is 0 Å². The summed E-state index contributed by atoms with van der Waals surface area (Å²) in [4.78, 5) is 19.9. The number of nitrogens with zero attached hydrogens (tertiary/aromatic N) is 4. The van der Waals surface area contributed by atoms with Crippen molar-refractivity contribution in [3.05, 3.63) is 59.5 Å². The molecule has 2 saturated heterocycles. The SMILES string of the molecule is Cc1c(C(=O)N2[C@@H]3CC[C@H]2C[C@@H](O)C3)cn2ncnc(N[C@H](CO)c3ccccc3)c12. The van der Waals surface area contributed by atoms with Crippen molar-refractivity contribution in [2.75, 3.05) is 11.9 Å². The molecule has 0 unspecified atom stereocenters. The number of carbonyl (C=O) groups is 1. The molecular weight excluding hydrogens is 394 g/mol. The third kappa shape index (κ3) is 3.45. The second kappa shape index (κ2) is 7.94. The van der Waals surface area contributed by atoms with E-state index < -0.39 is 0 Å². The van der Waals surface area contributed by atoms with E-state index in [1.165, 1.54) is 6.33 Å². The van der Waals surface area contributed by atoms with Crippen molar-refractivity contribution < 1.29 is 15.0 Å². The Bertz CT molecular complexity index is 1090. The molecule has 0 saturated carbocycles. The van der Waals surface area contributed by atoms with Crippen molar-refractivity contribution >= 4 is 17.2 Å². The molecule has 2 aromatic heterocycles. The number of rotatable bonds is 5. The molecule has 162 valence electrons. The Morgan fingerprint density at radius 2 is 1.94 bits per heavy atom. The molecule has 2 aliphatic rings. The number of nitrogens with one attached hydrogen (secondary N) is 1. The Morgan fingerprint density at radius 1 is 1.23 bits per heavy atom. The van der Waals surface area contributed by atoms with Gasteiger partial charge in [-0.1, -0.05) is 30.3 Å². The first kappa shape index (κ1) is 20.0. The number of aromatic nitrogens is 3. The van der Waals surface area contributed by atoms with Gasteiger partial charge < -0.3 is 20.4 Å². The van der Waals surface area contributed by atoms with Crippen LogP contribution in [0, 0.1) is 6.92 Å². The zero-order valence-electron chi connectivity index (χ0n) is 17.5. The summed E-state index contributed by atoms with van der Waals surface area (Å²) in [6, 6.07) is 9.57. The van der Waals surface area contributed by atoms with Crippen LogP contribution < -0.4 is 5.32 Å².